The summed E-state index contributed by atoms with van der Waals surface area (Å²) in [6, 6.07) is 3.44. The zero-order chi connectivity index (χ0) is 13.4. The van der Waals surface area contributed by atoms with Gasteiger partial charge in [0.15, 0.2) is 0 Å². The first kappa shape index (κ1) is 14.7. The Balaban J connectivity index is 2.23. The van der Waals surface area contributed by atoms with Gasteiger partial charge < -0.3 is 15.4 Å². The minimum Gasteiger partial charge on any atom is -0.475 e. The molecule has 1 unspecified atom stereocenters. The van der Waals surface area contributed by atoms with Crippen molar-refractivity contribution >= 4 is 17.5 Å². The Morgan fingerprint density at radius 3 is 3.06 bits per heavy atom. The zero-order valence-corrected chi connectivity index (χ0v) is 11.3. The van der Waals surface area contributed by atoms with Gasteiger partial charge in [-0.05, 0) is 19.2 Å². The fourth-order valence-corrected chi connectivity index (χ4v) is 1.55. The summed E-state index contributed by atoms with van der Waals surface area (Å²) < 4.78 is 5.35. The minimum atomic E-state index is -0.0616. The number of carbonyl (C=O) groups excluding carboxylic acids is 1. The maximum Gasteiger partial charge on any atom is 0.232 e. The molecule has 1 heterocycles. The van der Waals surface area contributed by atoms with Crippen LogP contribution in [0.3, 0.4) is 0 Å². The van der Waals surface area contributed by atoms with E-state index in [0.717, 1.165) is 0 Å². The van der Waals surface area contributed by atoms with Crippen molar-refractivity contribution in [3.63, 3.8) is 0 Å². The Bertz CT molecular complexity index is 387. The van der Waals surface area contributed by atoms with Gasteiger partial charge in [-0.15, -0.1) is 0 Å². The molecule has 0 saturated carbocycles. The molecular formula is C12H18ClN3O2. The summed E-state index contributed by atoms with van der Waals surface area (Å²) in [6.45, 7) is 3.29. The number of pyridine rings is 1. The quantitative estimate of drug-likeness (QED) is 0.729. The molecule has 6 heteroatoms. The molecule has 0 aliphatic carbocycles. The van der Waals surface area contributed by atoms with Gasteiger partial charge in [0.2, 0.25) is 11.8 Å². The van der Waals surface area contributed by atoms with E-state index in [4.69, 9.17) is 16.3 Å². The standard InChI is InChI=1S/C12H18ClN3O2/c1-9(8-14-2)11(17)15-6-7-18-12-10(13)4-3-5-16-12/h3-5,9,14H,6-8H2,1-2H3,(H,15,17). The van der Waals surface area contributed by atoms with E-state index in [9.17, 15) is 4.79 Å². The number of carbonyl (C=O) groups is 1. The van der Waals surface area contributed by atoms with E-state index in [2.05, 4.69) is 15.6 Å². The first-order valence-electron chi connectivity index (χ1n) is 5.80. The van der Waals surface area contributed by atoms with Crippen LogP contribution in [0.15, 0.2) is 18.3 Å². The van der Waals surface area contributed by atoms with E-state index in [0.29, 0.717) is 30.6 Å². The third kappa shape index (κ3) is 4.89. The van der Waals surface area contributed by atoms with Crippen molar-refractivity contribution in [2.75, 3.05) is 26.7 Å². The van der Waals surface area contributed by atoms with Crippen molar-refractivity contribution in [3.8, 4) is 5.88 Å². The van der Waals surface area contributed by atoms with Crippen LogP contribution in [-0.2, 0) is 4.79 Å². The Hall–Kier alpha value is -1.33. The summed E-state index contributed by atoms with van der Waals surface area (Å²) in [6.07, 6.45) is 1.61. The van der Waals surface area contributed by atoms with Gasteiger partial charge in [0.25, 0.3) is 0 Å². The van der Waals surface area contributed by atoms with Crippen LogP contribution in [0.1, 0.15) is 6.92 Å². The molecule has 0 saturated heterocycles. The van der Waals surface area contributed by atoms with Crippen molar-refractivity contribution < 1.29 is 9.53 Å². The van der Waals surface area contributed by atoms with E-state index in [1.54, 1.807) is 18.3 Å². The average Bonchev–Trinajstić information content (AvgIpc) is 2.36. The molecule has 5 nitrogen and oxygen atoms in total. The van der Waals surface area contributed by atoms with Gasteiger partial charge in [-0.25, -0.2) is 4.98 Å². The lowest BCUT2D eigenvalue weighted by atomic mass is 10.1. The number of halogens is 1. The lowest BCUT2D eigenvalue weighted by molar-refractivity contribution is -0.124. The predicted octanol–water partition coefficient (Wildman–Crippen LogP) is 1.09. The molecule has 100 valence electrons. The normalized spacial score (nSPS) is 11.9. The summed E-state index contributed by atoms with van der Waals surface area (Å²) in [4.78, 5) is 15.5. The van der Waals surface area contributed by atoms with Crippen LogP contribution in [0, 0.1) is 5.92 Å². The fraction of sp³-hybridized carbons (Fsp3) is 0.500. The highest BCUT2D eigenvalue weighted by molar-refractivity contribution is 6.31. The van der Waals surface area contributed by atoms with Crippen LogP contribution >= 0.6 is 11.6 Å². The highest BCUT2D eigenvalue weighted by Crippen LogP contribution is 2.19. The molecule has 0 radical (unpaired) electrons. The van der Waals surface area contributed by atoms with Gasteiger partial charge in [0.05, 0.1) is 6.54 Å². The largest absolute Gasteiger partial charge is 0.475 e. The number of aromatic nitrogens is 1. The maximum absolute atomic E-state index is 11.6. The lowest BCUT2D eigenvalue weighted by Gasteiger charge is -2.12. The molecule has 1 aromatic heterocycles. The Morgan fingerprint density at radius 2 is 2.39 bits per heavy atom. The number of nitrogens with zero attached hydrogens (tertiary/aromatic N) is 1. The Morgan fingerprint density at radius 1 is 1.61 bits per heavy atom. The van der Waals surface area contributed by atoms with E-state index in [1.165, 1.54) is 0 Å². The number of rotatable bonds is 7. The molecular weight excluding hydrogens is 254 g/mol. The number of nitrogens with one attached hydrogen (secondary N) is 2. The first-order valence-corrected chi connectivity index (χ1v) is 6.18. The van der Waals surface area contributed by atoms with Gasteiger partial charge in [0, 0.05) is 18.7 Å². The van der Waals surface area contributed by atoms with Gasteiger partial charge in [0.1, 0.15) is 11.6 Å². The molecule has 0 fully saturated rings. The molecule has 2 N–H and O–H groups in total. The van der Waals surface area contributed by atoms with Crippen LogP contribution in [0.25, 0.3) is 0 Å². The predicted molar refractivity (Wildman–Crippen MR) is 70.8 cm³/mol. The molecule has 0 bridgehead atoms. The van der Waals surface area contributed by atoms with Gasteiger partial charge in [-0.3, -0.25) is 4.79 Å². The van der Waals surface area contributed by atoms with E-state index >= 15 is 0 Å². The fourth-order valence-electron chi connectivity index (χ4n) is 1.37. The van der Waals surface area contributed by atoms with Gasteiger partial charge in [-0.1, -0.05) is 18.5 Å². The molecule has 18 heavy (non-hydrogen) atoms. The number of hydrogen-bond acceptors (Lipinski definition) is 4. The maximum atomic E-state index is 11.6. The molecule has 0 aliphatic rings. The van der Waals surface area contributed by atoms with Crippen LogP contribution in [0.4, 0.5) is 0 Å². The van der Waals surface area contributed by atoms with E-state index in [1.807, 2.05) is 14.0 Å². The summed E-state index contributed by atoms with van der Waals surface area (Å²) in [5.41, 5.74) is 0. The van der Waals surface area contributed by atoms with Crippen LogP contribution in [0.2, 0.25) is 5.02 Å². The zero-order valence-electron chi connectivity index (χ0n) is 10.6. The lowest BCUT2D eigenvalue weighted by Crippen LogP contribution is -2.36. The van der Waals surface area contributed by atoms with E-state index in [-0.39, 0.29) is 11.8 Å². The van der Waals surface area contributed by atoms with Crippen molar-refractivity contribution in [3.05, 3.63) is 23.4 Å². The first-order chi connectivity index (χ1) is 8.65. The highest BCUT2D eigenvalue weighted by Gasteiger charge is 2.10. The summed E-state index contributed by atoms with van der Waals surface area (Å²) in [7, 11) is 1.82. The summed E-state index contributed by atoms with van der Waals surface area (Å²) in [5, 5.41) is 6.20. The highest BCUT2D eigenvalue weighted by atomic mass is 35.5. The molecule has 1 amide bonds. The monoisotopic (exact) mass is 271 g/mol. The molecule has 1 aromatic rings. The molecule has 0 aromatic carbocycles. The van der Waals surface area contributed by atoms with Gasteiger partial charge >= 0.3 is 0 Å². The third-order valence-electron chi connectivity index (χ3n) is 2.32. The van der Waals surface area contributed by atoms with Crippen LogP contribution in [0.5, 0.6) is 5.88 Å². The number of amides is 1. The van der Waals surface area contributed by atoms with Crippen molar-refractivity contribution in [1.82, 2.24) is 15.6 Å². The smallest absolute Gasteiger partial charge is 0.232 e. The van der Waals surface area contributed by atoms with Crippen LogP contribution in [-0.4, -0.2) is 37.6 Å². The minimum absolute atomic E-state index is 0.0000628. The molecule has 1 rings (SSSR count). The van der Waals surface area contributed by atoms with E-state index < -0.39 is 0 Å². The van der Waals surface area contributed by atoms with Crippen LogP contribution < -0.4 is 15.4 Å². The van der Waals surface area contributed by atoms with Gasteiger partial charge in [-0.2, -0.15) is 0 Å². The third-order valence-corrected chi connectivity index (χ3v) is 2.61. The number of ether oxygens (including phenoxy) is 1. The Labute approximate surface area is 112 Å². The Kier molecular flexibility index (Phi) is 6.46. The SMILES string of the molecule is CNCC(C)C(=O)NCCOc1ncccc1Cl. The average molecular weight is 272 g/mol. The van der Waals surface area contributed by atoms with Crippen molar-refractivity contribution in [2.45, 2.75) is 6.92 Å². The molecule has 1 atom stereocenters. The summed E-state index contributed by atoms with van der Waals surface area (Å²) in [5.74, 6) is 0.324. The molecule has 0 aliphatic heterocycles. The second-order valence-electron chi connectivity index (χ2n) is 3.89. The second-order valence-corrected chi connectivity index (χ2v) is 4.30. The van der Waals surface area contributed by atoms with Crippen molar-refractivity contribution in [2.24, 2.45) is 5.92 Å². The topological polar surface area (TPSA) is 63.2 Å². The second kappa shape index (κ2) is 7.89. The van der Waals surface area contributed by atoms with Crippen molar-refractivity contribution in [1.29, 1.82) is 0 Å². The number of hydrogen-bond donors (Lipinski definition) is 2. The summed E-state index contributed by atoms with van der Waals surface area (Å²) >= 11 is 5.87. The molecule has 0 spiro atoms.